The maximum absolute atomic E-state index is 13.3. The topological polar surface area (TPSA) is 15.3 Å². The summed E-state index contributed by atoms with van der Waals surface area (Å²) in [7, 11) is 0. The highest BCUT2D eigenvalue weighted by Gasteiger charge is 2.37. The standard InChI is InChI=1S/C15H18ClF3N2.ClH/c1-2-4-13(21-9-7-20-8-10-21)14-11(15(17,18)19)5-3-6-12(14)16;/h2-3,5-6,13,20H,1,4,7-10H2;1H/t13-;/m0./s1. The molecule has 1 saturated heterocycles. The predicted octanol–water partition coefficient (Wildman–Crippen LogP) is 4.30. The molecule has 22 heavy (non-hydrogen) atoms. The van der Waals surface area contributed by atoms with Crippen molar-refractivity contribution in [2.75, 3.05) is 26.2 Å². The molecule has 2 nitrogen and oxygen atoms in total. The molecule has 0 aromatic heterocycles. The van der Waals surface area contributed by atoms with E-state index in [0.29, 0.717) is 19.5 Å². The van der Waals surface area contributed by atoms with Crippen molar-refractivity contribution >= 4 is 24.0 Å². The maximum Gasteiger partial charge on any atom is 0.416 e. The number of halogens is 5. The highest BCUT2D eigenvalue weighted by molar-refractivity contribution is 6.31. The summed E-state index contributed by atoms with van der Waals surface area (Å²) in [5, 5.41) is 3.36. The Hall–Kier alpha value is -0.750. The molecule has 1 heterocycles. The van der Waals surface area contributed by atoms with Crippen LogP contribution >= 0.6 is 24.0 Å². The number of benzene rings is 1. The first-order chi connectivity index (χ1) is 9.95. The molecule has 0 aliphatic carbocycles. The Labute approximate surface area is 139 Å². The number of rotatable bonds is 4. The fraction of sp³-hybridized carbons (Fsp3) is 0.467. The van der Waals surface area contributed by atoms with Gasteiger partial charge in [0.15, 0.2) is 0 Å². The molecule has 1 aliphatic heterocycles. The molecule has 0 saturated carbocycles. The van der Waals surface area contributed by atoms with E-state index in [4.69, 9.17) is 11.6 Å². The minimum atomic E-state index is -4.41. The summed E-state index contributed by atoms with van der Waals surface area (Å²) in [6.45, 7) is 6.59. The molecule has 124 valence electrons. The number of piperazine rings is 1. The highest BCUT2D eigenvalue weighted by Crippen LogP contribution is 2.41. The van der Waals surface area contributed by atoms with Crippen LogP contribution in [0, 0.1) is 0 Å². The van der Waals surface area contributed by atoms with Gasteiger partial charge in [-0.3, -0.25) is 4.90 Å². The molecule has 1 fully saturated rings. The zero-order valence-electron chi connectivity index (χ0n) is 12.0. The molecule has 0 unspecified atom stereocenters. The molecule has 1 aromatic rings. The van der Waals surface area contributed by atoms with Gasteiger partial charge in [0.1, 0.15) is 0 Å². The average Bonchev–Trinajstić information content (AvgIpc) is 2.45. The van der Waals surface area contributed by atoms with Crippen LogP contribution in [0.2, 0.25) is 5.02 Å². The largest absolute Gasteiger partial charge is 0.416 e. The molecule has 0 radical (unpaired) electrons. The normalized spacial score (nSPS) is 17.6. The van der Waals surface area contributed by atoms with Crippen LogP contribution in [0.1, 0.15) is 23.6 Å². The summed E-state index contributed by atoms with van der Waals surface area (Å²) in [5.74, 6) is 0. The van der Waals surface area contributed by atoms with E-state index in [1.807, 2.05) is 4.90 Å². The Morgan fingerprint density at radius 1 is 1.32 bits per heavy atom. The van der Waals surface area contributed by atoms with Crippen LogP contribution in [0.5, 0.6) is 0 Å². The van der Waals surface area contributed by atoms with E-state index in [2.05, 4.69) is 11.9 Å². The van der Waals surface area contributed by atoms with Crippen LogP contribution in [0.3, 0.4) is 0 Å². The van der Waals surface area contributed by atoms with Crippen molar-refractivity contribution in [1.29, 1.82) is 0 Å². The van der Waals surface area contributed by atoms with Crippen LogP contribution < -0.4 is 5.32 Å². The molecule has 7 heteroatoms. The van der Waals surface area contributed by atoms with E-state index in [9.17, 15) is 13.2 Å². The van der Waals surface area contributed by atoms with Crippen molar-refractivity contribution in [1.82, 2.24) is 10.2 Å². The number of nitrogens with zero attached hydrogens (tertiary/aromatic N) is 1. The third-order valence-corrected chi connectivity index (χ3v) is 4.00. The Bertz CT molecular complexity index is 500. The molecule has 1 aromatic carbocycles. The SMILES string of the molecule is C=CC[C@@H](c1c(Cl)cccc1C(F)(F)F)N1CCNCC1.Cl. The van der Waals surface area contributed by atoms with E-state index in [1.165, 1.54) is 12.1 Å². The van der Waals surface area contributed by atoms with Crippen LogP contribution in [-0.2, 0) is 6.18 Å². The van der Waals surface area contributed by atoms with E-state index in [-0.39, 0.29) is 23.0 Å². The third kappa shape index (κ3) is 4.38. The second-order valence-electron chi connectivity index (χ2n) is 5.02. The lowest BCUT2D eigenvalue weighted by atomic mass is 9.95. The Balaban J connectivity index is 0.00000242. The minimum absolute atomic E-state index is 0. The van der Waals surface area contributed by atoms with Gasteiger partial charge in [-0.2, -0.15) is 13.2 Å². The fourth-order valence-electron chi connectivity index (χ4n) is 2.72. The lowest BCUT2D eigenvalue weighted by Gasteiger charge is -2.36. The van der Waals surface area contributed by atoms with E-state index < -0.39 is 17.8 Å². The Morgan fingerprint density at radius 3 is 2.50 bits per heavy atom. The Kier molecular flexibility index (Phi) is 7.19. The van der Waals surface area contributed by atoms with Crippen molar-refractivity contribution in [3.8, 4) is 0 Å². The van der Waals surface area contributed by atoms with E-state index in [0.717, 1.165) is 19.2 Å². The summed E-state index contributed by atoms with van der Waals surface area (Å²) < 4.78 is 39.8. The van der Waals surface area contributed by atoms with E-state index >= 15 is 0 Å². The number of hydrogen-bond donors (Lipinski definition) is 1. The van der Waals surface area contributed by atoms with Gasteiger partial charge in [-0.15, -0.1) is 19.0 Å². The quantitative estimate of drug-likeness (QED) is 0.810. The molecular weight excluding hydrogens is 336 g/mol. The first-order valence-corrected chi connectivity index (χ1v) is 7.24. The summed E-state index contributed by atoms with van der Waals surface area (Å²) in [6, 6.07) is 3.57. The lowest BCUT2D eigenvalue weighted by molar-refractivity contribution is -0.138. The Morgan fingerprint density at radius 2 is 1.95 bits per heavy atom. The van der Waals surface area contributed by atoms with Crippen molar-refractivity contribution in [2.45, 2.75) is 18.6 Å². The molecular formula is C15H19Cl2F3N2. The maximum atomic E-state index is 13.3. The third-order valence-electron chi connectivity index (χ3n) is 3.67. The monoisotopic (exact) mass is 354 g/mol. The molecule has 1 aliphatic rings. The van der Waals surface area contributed by atoms with Crippen molar-refractivity contribution < 1.29 is 13.2 Å². The van der Waals surface area contributed by atoms with Gasteiger partial charge in [-0.05, 0) is 18.6 Å². The van der Waals surface area contributed by atoms with Gasteiger partial charge >= 0.3 is 6.18 Å². The van der Waals surface area contributed by atoms with Gasteiger partial charge in [-0.25, -0.2) is 0 Å². The summed E-state index contributed by atoms with van der Waals surface area (Å²) >= 11 is 6.11. The van der Waals surface area contributed by atoms with Gasteiger partial charge in [0, 0.05) is 42.8 Å². The number of alkyl halides is 3. The van der Waals surface area contributed by atoms with Crippen molar-refractivity contribution in [3.05, 3.63) is 47.0 Å². The van der Waals surface area contributed by atoms with Gasteiger partial charge in [0.25, 0.3) is 0 Å². The fourth-order valence-corrected chi connectivity index (χ4v) is 3.02. The zero-order chi connectivity index (χ0) is 15.5. The number of hydrogen-bond acceptors (Lipinski definition) is 2. The second-order valence-corrected chi connectivity index (χ2v) is 5.43. The first-order valence-electron chi connectivity index (χ1n) is 6.86. The lowest BCUT2D eigenvalue weighted by Crippen LogP contribution is -2.45. The van der Waals surface area contributed by atoms with Gasteiger partial charge in [-0.1, -0.05) is 23.7 Å². The van der Waals surface area contributed by atoms with Crippen LogP contribution in [0.25, 0.3) is 0 Å². The highest BCUT2D eigenvalue weighted by atomic mass is 35.5. The molecule has 0 spiro atoms. The van der Waals surface area contributed by atoms with E-state index in [1.54, 1.807) is 6.08 Å². The number of nitrogens with one attached hydrogen (secondary N) is 1. The van der Waals surface area contributed by atoms with Crippen LogP contribution in [0.15, 0.2) is 30.9 Å². The van der Waals surface area contributed by atoms with Crippen molar-refractivity contribution in [3.63, 3.8) is 0 Å². The summed E-state index contributed by atoms with van der Waals surface area (Å²) in [6.07, 6.45) is -2.32. The summed E-state index contributed by atoms with van der Waals surface area (Å²) in [4.78, 5) is 2.04. The van der Waals surface area contributed by atoms with Crippen LogP contribution in [0.4, 0.5) is 13.2 Å². The average molecular weight is 355 g/mol. The van der Waals surface area contributed by atoms with Gasteiger partial charge < -0.3 is 5.32 Å². The smallest absolute Gasteiger partial charge is 0.314 e. The minimum Gasteiger partial charge on any atom is -0.314 e. The molecule has 0 bridgehead atoms. The second kappa shape index (κ2) is 8.20. The molecule has 1 N–H and O–H groups in total. The van der Waals surface area contributed by atoms with Crippen molar-refractivity contribution in [2.24, 2.45) is 0 Å². The molecule has 0 amide bonds. The van der Waals surface area contributed by atoms with Gasteiger partial charge in [0.2, 0.25) is 0 Å². The van der Waals surface area contributed by atoms with Gasteiger partial charge in [0.05, 0.1) is 5.56 Å². The molecule has 2 rings (SSSR count). The summed E-state index contributed by atoms with van der Waals surface area (Å²) in [5.41, 5.74) is -0.492. The predicted molar refractivity (Wildman–Crippen MR) is 85.7 cm³/mol. The zero-order valence-corrected chi connectivity index (χ0v) is 13.6. The molecule has 1 atom stereocenters. The van der Waals surface area contributed by atoms with Crippen LogP contribution in [-0.4, -0.2) is 31.1 Å². The first kappa shape index (κ1) is 19.3.